The van der Waals surface area contributed by atoms with Crippen molar-refractivity contribution in [2.24, 2.45) is 11.8 Å². The molecule has 0 aromatic heterocycles. The van der Waals surface area contributed by atoms with E-state index in [1.807, 2.05) is 12.1 Å². The topological polar surface area (TPSA) is 9.23 Å². The van der Waals surface area contributed by atoms with E-state index in [4.69, 9.17) is 4.74 Å². The van der Waals surface area contributed by atoms with Crippen LogP contribution in [0.3, 0.4) is 0 Å². The second-order valence-corrected chi connectivity index (χ2v) is 16.5. The standard InChI is InChI=1S/C50H64F2O/c1-5-9-35-13-21-39(22-14-35)43-29-31-45(47(51)33-43)49(41-25-17-37(11-7-3)18-26-41)53-50(42-27-19-38(12-8-4)20-28-42)46-32-30-44(34-48(46)52)40-23-15-36(10-6-2)16-24-40/h17-20,25-36,39-40,49-50H,5-16,21-24H2,1-4H3/t35-,36-,39-,40-,49?,50?. The summed E-state index contributed by atoms with van der Waals surface area (Å²) in [6, 6.07) is 28.5. The highest BCUT2D eigenvalue weighted by atomic mass is 19.1. The van der Waals surface area contributed by atoms with Gasteiger partial charge in [-0.15, -0.1) is 0 Å². The molecule has 2 aliphatic rings. The Bertz CT molecular complexity index is 1570. The van der Waals surface area contributed by atoms with Gasteiger partial charge >= 0.3 is 0 Å². The zero-order chi connectivity index (χ0) is 37.2. The van der Waals surface area contributed by atoms with Gasteiger partial charge in [-0.25, -0.2) is 8.78 Å². The summed E-state index contributed by atoms with van der Waals surface area (Å²) in [5.74, 6) is 1.90. The van der Waals surface area contributed by atoms with Crippen LogP contribution in [0.2, 0.25) is 0 Å². The van der Waals surface area contributed by atoms with Gasteiger partial charge in [0.25, 0.3) is 0 Å². The van der Waals surface area contributed by atoms with Crippen LogP contribution in [0.25, 0.3) is 0 Å². The van der Waals surface area contributed by atoms with E-state index in [1.165, 1.54) is 62.5 Å². The van der Waals surface area contributed by atoms with E-state index in [0.717, 1.165) is 85.5 Å². The third-order valence-corrected chi connectivity index (χ3v) is 12.6. The molecule has 0 heterocycles. The average molecular weight is 719 g/mol. The molecule has 2 aliphatic carbocycles. The molecule has 53 heavy (non-hydrogen) atoms. The molecule has 0 amide bonds. The van der Waals surface area contributed by atoms with Crippen molar-refractivity contribution in [1.82, 2.24) is 0 Å². The summed E-state index contributed by atoms with van der Waals surface area (Å²) in [6.45, 7) is 8.90. The molecule has 0 bridgehead atoms. The van der Waals surface area contributed by atoms with E-state index in [1.54, 1.807) is 12.1 Å². The summed E-state index contributed by atoms with van der Waals surface area (Å²) in [6.07, 6.45) is 17.1. The quantitative estimate of drug-likeness (QED) is 0.112. The second kappa shape index (κ2) is 19.3. The van der Waals surface area contributed by atoms with Gasteiger partial charge in [0, 0.05) is 11.1 Å². The Hall–Kier alpha value is -3.30. The van der Waals surface area contributed by atoms with Gasteiger partial charge in [0.15, 0.2) is 0 Å². The number of hydrogen-bond acceptors (Lipinski definition) is 1. The minimum absolute atomic E-state index is 0.243. The summed E-state index contributed by atoms with van der Waals surface area (Å²) in [5, 5.41) is 0. The van der Waals surface area contributed by atoms with Crippen molar-refractivity contribution in [3.63, 3.8) is 0 Å². The molecule has 4 aromatic carbocycles. The van der Waals surface area contributed by atoms with Gasteiger partial charge in [-0.1, -0.05) is 139 Å². The first kappa shape index (κ1) is 39.4. The van der Waals surface area contributed by atoms with Crippen molar-refractivity contribution in [2.75, 3.05) is 0 Å². The second-order valence-electron chi connectivity index (χ2n) is 16.5. The molecule has 2 fully saturated rings. The number of hydrogen-bond donors (Lipinski definition) is 0. The third kappa shape index (κ3) is 10.1. The van der Waals surface area contributed by atoms with Gasteiger partial charge in [0.1, 0.15) is 23.8 Å². The lowest BCUT2D eigenvalue weighted by atomic mass is 9.77. The van der Waals surface area contributed by atoms with Crippen molar-refractivity contribution >= 4 is 0 Å². The zero-order valence-electron chi connectivity index (χ0n) is 33.0. The molecule has 2 atom stereocenters. The predicted molar refractivity (Wildman–Crippen MR) is 218 cm³/mol. The van der Waals surface area contributed by atoms with Crippen LogP contribution >= 0.6 is 0 Å². The SMILES string of the molecule is CCCc1ccc(C(OC(c2ccc(CCC)cc2)c2ccc([C@H]3CC[C@H](CCC)CC3)cc2F)c2ccc([C@H]3CC[C@H](CCC)CC3)cc2F)cc1. The van der Waals surface area contributed by atoms with Gasteiger partial charge in [0.2, 0.25) is 0 Å². The van der Waals surface area contributed by atoms with Crippen LogP contribution in [0.4, 0.5) is 8.78 Å². The van der Waals surface area contributed by atoms with Crippen LogP contribution in [-0.2, 0) is 17.6 Å². The molecule has 0 saturated heterocycles. The van der Waals surface area contributed by atoms with Gasteiger partial charge in [-0.3, -0.25) is 0 Å². The third-order valence-electron chi connectivity index (χ3n) is 12.6. The molecule has 0 N–H and O–H groups in total. The fourth-order valence-corrected chi connectivity index (χ4v) is 9.50. The Labute approximate surface area is 320 Å². The number of halogens is 2. The Morgan fingerprint density at radius 3 is 1.19 bits per heavy atom. The maximum atomic E-state index is 16.6. The minimum Gasteiger partial charge on any atom is -0.356 e. The fourth-order valence-electron chi connectivity index (χ4n) is 9.50. The van der Waals surface area contributed by atoms with Crippen LogP contribution in [0, 0.1) is 23.5 Å². The van der Waals surface area contributed by atoms with E-state index in [2.05, 4.69) is 88.4 Å². The van der Waals surface area contributed by atoms with Crippen molar-refractivity contribution in [3.05, 3.63) is 141 Å². The normalized spacial score (nSPS) is 21.7. The first-order chi connectivity index (χ1) is 25.9. The summed E-state index contributed by atoms with van der Waals surface area (Å²) in [7, 11) is 0. The summed E-state index contributed by atoms with van der Waals surface area (Å²) >= 11 is 0. The number of ether oxygens (including phenoxy) is 1. The van der Waals surface area contributed by atoms with E-state index < -0.39 is 12.2 Å². The number of benzene rings is 4. The summed E-state index contributed by atoms with van der Waals surface area (Å²) in [5.41, 5.74) is 7.44. The molecular weight excluding hydrogens is 655 g/mol. The lowest BCUT2D eigenvalue weighted by Crippen LogP contribution is -2.17. The molecular formula is C50H64F2O. The Morgan fingerprint density at radius 1 is 0.491 bits per heavy atom. The Balaban J connectivity index is 1.35. The van der Waals surface area contributed by atoms with Crippen LogP contribution in [0.5, 0.6) is 0 Å². The maximum absolute atomic E-state index is 16.6. The highest BCUT2D eigenvalue weighted by molar-refractivity contribution is 5.39. The molecule has 6 rings (SSSR count). The summed E-state index contributed by atoms with van der Waals surface area (Å²) in [4.78, 5) is 0. The molecule has 2 saturated carbocycles. The Kier molecular flexibility index (Phi) is 14.4. The van der Waals surface area contributed by atoms with Gasteiger partial charge in [0.05, 0.1) is 0 Å². The van der Waals surface area contributed by atoms with Crippen molar-refractivity contribution in [3.8, 4) is 0 Å². The van der Waals surface area contributed by atoms with Crippen molar-refractivity contribution < 1.29 is 13.5 Å². The van der Waals surface area contributed by atoms with Gasteiger partial charge in [-0.2, -0.15) is 0 Å². The Morgan fingerprint density at radius 2 is 0.868 bits per heavy atom. The maximum Gasteiger partial charge on any atom is 0.129 e. The molecule has 284 valence electrons. The van der Waals surface area contributed by atoms with Gasteiger partial charge < -0.3 is 4.74 Å². The van der Waals surface area contributed by atoms with Crippen LogP contribution in [0.15, 0.2) is 84.9 Å². The average Bonchev–Trinajstić information content (AvgIpc) is 3.18. The first-order valence-corrected chi connectivity index (χ1v) is 21.3. The molecule has 0 radical (unpaired) electrons. The molecule has 1 nitrogen and oxygen atoms in total. The molecule has 4 aromatic rings. The first-order valence-electron chi connectivity index (χ1n) is 21.3. The van der Waals surface area contributed by atoms with Crippen LogP contribution < -0.4 is 0 Å². The number of aryl methyl sites for hydroxylation is 2. The highest BCUT2D eigenvalue weighted by Crippen LogP contribution is 2.43. The van der Waals surface area contributed by atoms with E-state index in [-0.39, 0.29) is 11.6 Å². The fraction of sp³-hybridized carbons (Fsp3) is 0.520. The molecule has 0 aliphatic heterocycles. The largest absolute Gasteiger partial charge is 0.356 e. The van der Waals surface area contributed by atoms with Crippen LogP contribution in [-0.4, -0.2) is 0 Å². The molecule has 2 unspecified atom stereocenters. The lowest BCUT2D eigenvalue weighted by molar-refractivity contribution is 0.0270. The van der Waals surface area contributed by atoms with E-state index in [0.29, 0.717) is 23.0 Å². The smallest absolute Gasteiger partial charge is 0.129 e. The predicted octanol–water partition coefficient (Wildman–Crippen LogP) is 14.9. The van der Waals surface area contributed by atoms with E-state index >= 15 is 8.78 Å². The number of rotatable bonds is 16. The molecule has 3 heteroatoms. The van der Waals surface area contributed by atoms with Gasteiger partial charge in [-0.05, 0) is 133 Å². The van der Waals surface area contributed by atoms with E-state index in [9.17, 15) is 0 Å². The highest BCUT2D eigenvalue weighted by Gasteiger charge is 2.30. The minimum atomic E-state index is -0.715. The van der Waals surface area contributed by atoms with Crippen molar-refractivity contribution in [1.29, 1.82) is 0 Å². The zero-order valence-corrected chi connectivity index (χ0v) is 33.0. The molecule has 0 spiro atoms. The monoisotopic (exact) mass is 718 g/mol. The van der Waals surface area contributed by atoms with Crippen LogP contribution in [0.1, 0.15) is 186 Å². The lowest BCUT2D eigenvalue weighted by Gasteiger charge is -2.30. The summed E-state index contributed by atoms with van der Waals surface area (Å²) < 4.78 is 40.3. The van der Waals surface area contributed by atoms with Crippen molar-refractivity contribution in [2.45, 2.75) is 154 Å².